The van der Waals surface area contributed by atoms with Gasteiger partial charge in [0.15, 0.2) is 0 Å². The van der Waals surface area contributed by atoms with Gasteiger partial charge in [-0.25, -0.2) is 4.79 Å². The molecule has 1 atom stereocenters. The fourth-order valence-electron chi connectivity index (χ4n) is 2.92. The number of unbranched alkanes of at least 4 members (excludes halogenated alkanes) is 7. The van der Waals surface area contributed by atoms with Gasteiger partial charge in [-0.1, -0.05) is 51.9 Å². The van der Waals surface area contributed by atoms with Crippen LogP contribution in [0.1, 0.15) is 69.5 Å². The second kappa shape index (κ2) is 15.1. The number of H-pyrrole nitrogens is 2. The lowest BCUT2D eigenvalue weighted by atomic mass is 10.1. The summed E-state index contributed by atoms with van der Waals surface area (Å²) in [5.74, 6) is 1.27. The molecule has 0 radical (unpaired) electrons. The Morgan fingerprint density at radius 2 is 1.76 bits per heavy atom. The van der Waals surface area contributed by atoms with Gasteiger partial charge in [0.25, 0.3) is 5.56 Å². The number of amides is 1. The van der Waals surface area contributed by atoms with Crippen LogP contribution in [0, 0.1) is 6.92 Å². The molecule has 0 saturated heterocycles. The number of carbonyl (C=O) groups excluding carboxylic acids is 1. The molecule has 1 aromatic heterocycles. The number of carbonyl (C=O) groups is 1. The largest absolute Gasteiger partial charge is 0.394 e. The van der Waals surface area contributed by atoms with Crippen molar-refractivity contribution in [2.45, 2.75) is 71.3 Å². The Hall–Kier alpha value is -1.80. The zero-order valence-corrected chi connectivity index (χ0v) is 18.4. The van der Waals surface area contributed by atoms with Gasteiger partial charge in [-0.3, -0.25) is 14.6 Å². The Morgan fingerprint density at radius 3 is 2.38 bits per heavy atom. The molecule has 4 N–H and O–H groups in total. The van der Waals surface area contributed by atoms with Crippen LogP contribution in [0.5, 0.6) is 0 Å². The summed E-state index contributed by atoms with van der Waals surface area (Å²) in [6, 6.07) is -0.332. The first-order valence-electron chi connectivity index (χ1n) is 10.5. The van der Waals surface area contributed by atoms with E-state index in [4.69, 9.17) is 0 Å². The molecule has 0 spiro atoms. The number of nitrogens with one attached hydrogen (secondary N) is 3. The molecule has 0 saturated carbocycles. The topological polar surface area (TPSA) is 115 Å². The smallest absolute Gasteiger partial charge is 0.325 e. The van der Waals surface area contributed by atoms with Crippen molar-refractivity contribution >= 4 is 23.7 Å². The lowest BCUT2D eigenvalue weighted by molar-refractivity contribution is -0.117. The van der Waals surface area contributed by atoms with E-state index in [1.807, 2.05) is 0 Å². The van der Waals surface area contributed by atoms with Gasteiger partial charge in [-0.05, 0) is 25.2 Å². The number of aromatic nitrogens is 2. The zero-order valence-electron chi connectivity index (χ0n) is 17.6. The van der Waals surface area contributed by atoms with Gasteiger partial charge < -0.3 is 15.4 Å². The molecule has 1 amide bonds. The molecule has 164 valence electrons. The fraction of sp³-hybridized carbons (Fsp3) is 0.667. The third-order valence-electron chi connectivity index (χ3n) is 4.61. The molecule has 0 unspecified atom stereocenters. The lowest BCUT2D eigenvalue weighted by Crippen LogP contribution is -2.38. The van der Waals surface area contributed by atoms with Gasteiger partial charge in [0.1, 0.15) is 0 Å². The summed E-state index contributed by atoms with van der Waals surface area (Å²) in [6.45, 7) is 3.68. The van der Waals surface area contributed by atoms with E-state index in [0.717, 1.165) is 12.2 Å². The number of aliphatic hydroxyl groups is 1. The molecule has 0 aliphatic rings. The Balaban J connectivity index is 2.27. The van der Waals surface area contributed by atoms with Gasteiger partial charge in [0.05, 0.1) is 18.2 Å². The van der Waals surface area contributed by atoms with Crippen LogP contribution in [0.3, 0.4) is 0 Å². The SMILES string of the molecule is CCCCCCCCCCSC[C@@H](CO)NC(=O)/C=C\c1c(C)[nH]c(=O)[nH]c1=O. The van der Waals surface area contributed by atoms with E-state index in [1.165, 1.54) is 57.1 Å². The average Bonchev–Trinajstić information content (AvgIpc) is 2.67. The first-order chi connectivity index (χ1) is 14.0. The molecule has 0 aliphatic heterocycles. The third-order valence-corrected chi connectivity index (χ3v) is 5.82. The molecule has 1 rings (SSSR count). The monoisotopic (exact) mass is 425 g/mol. The van der Waals surface area contributed by atoms with Crippen molar-refractivity contribution in [1.29, 1.82) is 0 Å². The normalized spacial score (nSPS) is 12.4. The van der Waals surface area contributed by atoms with Gasteiger partial charge in [-0.15, -0.1) is 0 Å². The number of rotatable bonds is 15. The summed E-state index contributed by atoms with van der Waals surface area (Å²) in [5.41, 5.74) is -0.510. The number of thioether (sulfide) groups is 1. The second-order valence-corrected chi connectivity index (χ2v) is 8.37. The summed E-state index contributed by atoms with van der Waals surface area (Å²) < 4.78 is 0. The maximum absolute atomic E-state index is 12.1. The van der Waals surface area contributed by atoms with Gasteiger partial charge in [-0.2, -0.15) is 11.8 Å². The number of aryl methyl sites for hydroxylation is 1. The summed E-state index contributed by atoms with van der Waals surface area (Å²) >= 11 is 1.73. The van der Waals surface area contributed by atoms with Gasteiger partial charge in [0, 0.05) is 17.5 Å². The van der Waals surface area contributed by atoms with Crippen molar-refractivity contribution in [1.82, 2.24) is 15.3 Å². The molecule has 8 heteroatoms. The van der Waals surface area contributed by atoms with Crippen molar-refractivity contribution in [2.75, 3.05) is 18.1 Å². The van der Waals surface area contributed by atoms with E-state index in [-0.39, 0.29) is 24.1 Å². The van der Waals surface area contributed by atoms with Crippen molar-refractivity contribution in [3.8, 4) is 0 Å². The maximum Gasteiger partial charge on any atom is 0.325 e. The number of aliphatic hydroxyl groups excluding tert-OH is 1. The molecule has 7 nitrogen and oxygen atoms in total. The molecule has 0 aromatic carbocycles. The molecule has 1 heterocycles. The second-order valence-electron chi connectivity index (χ2n) is 7.22. The maximum atomic E-state index is 12.1. The van der Waals surface area contributed by atoms with E-state index < -0.39 is 11.2 Å². The van der Waals surface area contributed by atoms with E-state index in [9.17, 15) is 19.5 Å². The minimum Gasteiger partial charge on any atom is -0.394 e. The van der Waals surface area contributed by atoms with E-state index in [1.54, 1.807) is 18.7 Å². The predicted octanol–water partition coefficient (Wildman–Crippen LogP) is 2.74. The Morgan fingerprint density at radius 1 is 1.10 bits per heavy atom. The average molecular weight is 426 g/mol. The third kappa shape index (κ3) is 11.1. The van der Waals surface area contributed by atoms with Crippen LogP contribution in [-0.4, -0.2) is 45.1 Å². The highest BCUT2D eigenvalue weighted by atomic mass is 32.2. The standard InChI is InChI=1S/C21H35N3O4S/c1-3-4-5-6-7-8-9-10-13-29-15-17(14-25)23-19(26)12-11-18-16(2)22-21(28)24-20(18)27/h11-12,17,25H,3-10,13-15H2,1-2H3,(H,23,26)(H2,22,24,27,28)/b12-11-/t17-/m1/s1. The summed E-state index contributed by atoms with van der Waals surface area (Å²) in [6.07, 6.45) is 12.8. The molecule has 0 bridgehead atoms. The van der Waals surface area contributed by atoms with E-state index >= 15 is 0 Å². The van der Waals surface area contributed by atoms with Crippen LogP contribution in [0.15, 0.2) is 15.7 Å². The Kier molecular flexibility index (Phi) is 13.1. The quantitative estimate of drug-likeness (QED) is 0.255. The minimum atomic E-state index is -0.581. The van der Waals surface area contributed by atoms with Gasteiger partial charge >= 0.3 is 5.69 Å². The van der Waals surface area contributed by atoms with Crippen LogP contribution in [0.25, 0.3) is 6.08 Å². The van der Waals surface area contributed by atoms with Crippen LogP contribution < -0.4 is 16.6 Å². The van der Waals surface area contributed by atoms with Crippen molar-refractivity contribution in [3.63, 3.8) is 0 Å². The van der Waals surface area contributed by atoms with Crippen molar-refractivity contribution in [2.24, 2.45) is 0 Å². The van der Waals surface area contributed by atoms with E-state index in [0.29, 0.717) is 11.4 Å². The Bertz CT molecular complexity index is 742. The first kappa shape index (κ1) is 25.2. The Labute approximate surface area is 176 Å². The fourth-order valence-corrected chi connectivity index (χ4v) is 3.97. The van der Waals surface area contributed by atoms with Crippen LogP contribution in [0.4, 0.5) is 0 Å². The number of hydrogen-bond acceptors (Lipinski definition) is 5. The molecule has 0 fully saturated rings. The van der Waals surface area contributed by atoms with Crippen LogP contribution in [0.2, 0.25) is 0 Å². The molecule has 1 aromatic rings. The number of hydrogen-bond donors (Lipinski definition) is 4. The van der Waals surface area contributed by atoms with Crippen molar-refractivity contribution < 1.29 is 9.90 Å². The highest BCUT2D eigenvalue weighted by molar-refractivity contribution is 7.99. The molecule has 0 aliphatic carbocycles. The first-order valence-corrected chi connectivity index (χ1v) is 11.6. The van der Waals surface area contributed by atoms with E-state index in [2.05, 4.69) is 22.2 Å². The molecular weight excluding hydrogens is 390 g/mol. The minimum absolute atomic E-state index is 0.137. The summed E-state index contributed by atoms with van der Waals surface area (Å²) in [7, 11) is 0. The lowest BCUT2D eigenvalue weighted by Gasteiger charge is -2.14. The molecular formula is C21H35N3O4S. The van der Waals surface area contributed by atoms with Crippen LogP contribution in [-0.2, 0) is 4.79 Å². The highest BCUT2D eigenvalue weighted by Gasteiger charge is 2.10. The number of aromatic amines is 2. The van der Waals surface area contributed by atoms with Crippen molar-refractivity contribution in [3.05, 3.63) is 38.2 Å². The zero-order chi connectivity index (χ0) is 21.5. The van der Waals surface area contributed by atoms with Gasteiger partial charge in [0.2, 0.25) is 5.91 Å². The summed E-state index contributed by atoms with van der Waals surface area (Å²) in [4.78, 5) is 39.6. The van der Waals surface area contributed by atoms with Crippen LogP contribution >= 0.6 is 11.8 Å². The summed E-state index contributed by atoms with van der Waals surface area (Å²) in [5, 5.41) is 12.2. The highest BCUT2D eigenvalue weighted by Crippen LogP contribution is 2.12. The molecule has 29 heavy (non-hydrogen) atoms. The predicted molar refractivity (Wildman–Crippen MR) is 120 cm³/mol.